The number of terminal acetylenes is 1. The van der Waals surface area contributed by atoms with Crippen LogP contribution < -0.4 is 4.90 Å². The van der Waals surface area contributed by atoms with Crippen molar-refractivity contribution in [3.05, 3.63) is 83.6 Å². The Kier molecular flexibility index (Phi) is 15.9. The van der Waals surface area contributed by atoms with Crippen molar-refractivity contribution in [2.75, 3.05) is 24.5 Å². The number of carbonyl (C=O) groups is 1. The fraction of sp³-hybridized carbons (Fsp3) is 0.441. The fourth-order valence-corrected chi connectivity index (χ4v) is 4.74. The molecule has 5 nitrogen and oxygen atoms in total. The molecule has 1 aliphatic carbocycles. The van der Waals surface area contributed by atoms with Gasteiger partial charge in [-0.3, -0.25) is 9.69 Å². The zero-order valence-electron chi connectivity index (χ0n) is 24.7. The third-order valence-electron chi connectivity index (χ3n) is 6.77. The maximum absolute atomic E-state index is 13.7. The normalized spacial score (nSPS) is 20.6. The molecular formula is C34H46N4O. The number of pyridine rings is 1. The molecule has 0 spiro atoms. The number of rotatable bonds is 10. The minimum absolute atomic E-state index is 0.0730. The SMILES string of the molecule is C#C.CC.CC/C=C(\C=C/C(C)N1C(=O)C(CCN(CC)CC)c2cc(C#N)cnc21)C1C=C/C=C\C/C=C\1. The molecule has 3 unspecified atom stereocenters. The van der Waals surface area contributed by atoms with Gasteiger partial charge in [-0.1, -0.05) is 89.3 Å². The Hall–Kier alpha value is -3.67. The maximum atomic E-state index is 13.7. The average molecular weight is 527 g/mol. The molecule has 2 aliphatic rings. The first-order chi connectivity index (χ1) is 19.0. The molecule has 1 aromatic rings. The summed E-state index contributed by atoms with van der Waals surface area (Å²) in [7, 11) is 0. The summed E-state index contributed by atoms with van der Waals surface area (Å²) >= 11 is 0. The molecule has 5 heteroatoms. The fourth-order valence-electron chi connectivity index (χ4n) is 4.74. The van der Waals surface area contributed by atoms with Crippen molar-refractivity contribution >= 4 is 11.7 Å². The number of nitriles is 1. The summed E-state index contributed by atoms with van der Waals surface area (Å²) < 4.78 is 0. The Morgan fingerprint density at radius 2 is 1.92 bits per heavy atom. The molecule has 1 aromatic heterocycles. The van der Waals surface area contributed by atoms with Gasteiger partial charge in [0.05, 0.1) is 17.5 Å². The van der Waals surface area contributed by atoms with E-state index in [1.54, 1.807) is 6.20 Å². The molecule has 39 heavy (non-hydrogen) atoms. The highest BCUT2D eigenvalue weighted by Crippen LogP contribution is 2.39. The van der Waals surface area contributed by atoms with Gasteiger partial charge in [-0.05, 0) is 57.5 Å². The minimum atomic E-state index is -0.267. The average Bonchev–Trinajstić information content (AvgIpc) is 3.24. The highest BCUT2D eigenvalue weighted by Gasteiger charge is 2.40. The lowest BCUT2D eigenvalue weighted by Crippen LogP contribution is -2.37. The van der Waals surface area contributed by atoms with E-state index in [0.29, 0.717) is 11.4 Å². The Balaban J connectivity index is 0.00000181. The first-order valence-corrected chi connectivity index (χ1v) is 14.2. The maximum Gasteiger partial charge on any atom is 0.236 e. The van der Waals surface area contributed by atoms with E-state index < -0.39 is 0 Å². The zero-order chi connectivity index (χ0) is 29.2. The highest BCUT2D eigenvalue weighted by atomic mass is 16.2. The largest absolute Gasteiger partial charge is 0.304 e. The first-order valence-electron chi connectivity index (χ1n) is 14.2. The van der Waals surface area contributed by atoms with Crippen LogP contribution in [0, 0.1) is 30.1 Å². The molecule has 0 bridgehead atoms. The van der Waals surface area contributed by atoms with Crippen LogP contribution in [-0.2, 0) is 4.79 Å². The number of amides is 1. The number of nitrogens with zero attached hydrogens (tertiary/aromatic N) is 4. The van der Waals surface area contributed by atoms with Crippen molar-refractivity contribution in [3.63, 3.8) is 0 Å². The van der Waals surface area contributed by atoms with Crippen LogP contribution in [0.1, 0.15) is 77.8 Å². The molecule has 1 aliphatic heterocycles. The summed E-state index contributed by atoms with van der Waals surface area (Å²) in [6.45, 7) is 15.2. The Bertz CT molecular complexity index is 1110. The van der Waals surface area contributed by atoms with E-state index in [4.69, 9.17) is 0 Å². The van der Waals surface area contributed by atoms with Gasteiger partial charge in [0.1, 0.15) is 11.9 Å². The molecule has 0 saturated heterocycles. The van der Waals surface area contributed by atoms with Crippen LogP contribution in [0.2, 0.25) is 0 Å². The lowest BCUT2D eigenvalue weighted by atomic mass is 9.94. The quantitative estimate of drug-likeness (QED) is 0.182. The van der Waals surface area contributed by atoms with E-state index in [2.05, 4.69) is 104 Å². The van der Waals surface area contributed by atoms with Crippen LogP contribution >= 0.6 is 0 Å². The number of hydrogen-bond donors (Lipinski definition) is 0. The van der Waals surface area contributed by atoms with Crippen molar-refractivity contribution in [1.82, 2.24) is 9.88 Å². The molecule has 3 atom stereocenters. The van der Waals surface area contributed by atoms with Gasteiger partial charge < -0.3 is 4.90 Å². The van der Waals surface area contributed by atoms with Crippen molar-refractivity contribution in [2.24, 2.45) is 5.92 Å². The standard InChI is InChI=1S/C30H38N4O.C2H6.C2H2/c1-5-13-25(26-14-11-9-8-10-12-15-26)17-16-23(4)34-29-28(20-24(21-31)22-32-29)27(30(34)35)18-19-33(6-2)7-3;2*1-2/h8-9,11-17,20,22-23,26-27H,5-7,10,18-19H2,1-4H3;1-2H3;1-2H/b9-8-,14-11?,15-12-,17-16-,25-13+;;. The van der Waals surface area contributed by atoms with Gasteiger partial charge in [0.15, 0.2) is 0 Å². The van der Waals surface area contributed by atoms with Crippen molar-refractivity contribution in [1.29, 1.82) is 5.26 Å². The monoisotopic (exact) mass is 526 g/mol. The van der Waals surface area contributed by atoms with E-state index in [0.717, 1.165) is 44.5 Å². The van der Waals surface area contributed by atoms with E-state index in [-0.39, 0.29) is 23.8 Å². The van der Waals surface area contributed by atoms with Crippen molar-refractivity contribution < 1.29 is 4.79 Å². The third kappa shape index (κ3) is 9.24. The van der Waals surface area contributed by atoms with Crippen LogP contribution in [-0.4, -0.2) is 41.5 Å². The summed E-state index contributed by atoms with van der Waals surface area (Å²) in [6, 6.07) is 3.88. The van der Waals surface area contributed by atoms with Gasteiger partial charge in [0.25, 0.3) is 0 Å². The van der Waals surface area contributed by atoms with E-state index >= 15 is 0 Å². The van der Waals surface area contributed by atoms with Crippen molar-refractivity contribution in [2.45, 2.75) is 72.8 Å². The smallest absolute Gasteiger partial charge is 0.236 e. The highest BCUT2D eigenvalue weighted by molar-refractivity contribution is 6.04. The Labute approximate surface area is 237 Å². The number of fused-ring (bicyclic) bond motifs is 1. The lowest BCUT2D eigenvalue weighted by molar-refractivity contribution is -0.119. The van der Waals surface area contributed by atoms with Gasteiger partial charge in [-0.2, -0.15) is 5.26 Å². The van der Waals surface area contributed by atoms with Gasteiger partial charge >= 0.3 is 0 Å². The predicted molar refractivity (Wildman–Crippen MR) is 165 cm³/mol. The van der Waals surface area contributed by atoms with E-state index in [1.165, 1.54) is 5.57 Å². The molecule has 0 fully saturated rings. The zero-order valence-corrected chi connectivity index (χ0v) is 24.7. The van der Waals surface area contributed by atoms with Crippen LogP contribution in [0.4, 0.5) is 5.82 Å². The molecule has 0 saturated carbocycles. The second-order valence-corrected chi connectivity index (χ2v) is 9.04. The summed E-state index contributed by atoms with van der Waals surface area (Å²) in [4.78, 5) is 22.4. The molecular weight excluding hydrogens is 480 g/mol. The number of allylic oxidation sites excluding steroid dienone is 9. The summed E-state index contributed by atoms with van der Waals surface area (Å²) in [6.07, 6.45) is 31.6. The molecule has 0 N–H and O–H groups in total. The van der Waals surface area contributed by atoms with Gasteiger partial charge in [-0.25, -0.2) is 4.98 Å². The van der Waals surface area contributed by atoms with Crippen molar-refractivity contribution in [3.8, 4) is 18.9 Å². The molecule has 2 heterocycles. The number of anilines is 1. The number of carbonyl (C=O) groups excluding carboxylic acids is 1. The predicted octanol–water partition coefficient (Wildman–Crippen LogP) is 7.36. The van der Waals surface area contributed by atoms with Gasteiger partial charge in [0, 0.05) is 17.7 Å². The van der Waals surface area contributed by atoms with Gasteiger partial charge in [-0.15, -0.1) is 12.8 Å². The Morgan fingerprint density at radius 1 is 1.21 bits per heavy atom. The molecule has 1 amide bonds. The second kappa shape index (κ2) is 18.6. The van der Waals surface area contributed by atoms with Crippen LogP contribution in [0.3, 0.4) is 0 Å². The lowest BCUT2D eigenvalue weighted by Gasteiger charge is -2.24. The summed E-state index contributed by atoms with van der Waals surface area (Å²) in [5.41, 5.74) is 2.60. The third-order valence-corrected chi connectivity index (χ3v) is 6.77. The topological polar surface area (TPSA) is 60.2 Å². The van der Waals surface area contributed by atoms with Crippen LogP contribution in [0.15, 0.2) is 72.5 Å². The first kappa shape index (κ1) is 33.4. The molecule has 0 aromatic carbocycles. The molecule has 208 valence electrons. The molecule has 3 rings (SSSR count). The minimum Gasteiger partial charge on any atom is -0.304 e. The van der Waals surface area contributed by atoms with Crippen LogP contribution in [0.5, 0.6) is 0 Å². The molecule has 0 radical (unpaired) electrons. The Morgan fingerprint density at radius 3 is 2.56 bits per heavy atom. The summed E-state index contributed by atoms with van der Waals surface area (Å²) in [5, 5.41) is 9.42. The van der Waals surface area contributed by atoms with E-state index in [1.807, 2.05) is 31.7 Å². The van der Waals surface area contributed by atoms with E-state index in [9.17, 15) is 10.1 Å². The second-order valence-electron chi connectivity index (χ2n) is 9.04. The van der Waals surface area contributed by atoms with Crippen LogP contribution in [0.25, 0.3) is 0 Å². The number of hydrogen-bond acceptors (Lipinski definition) is 4. The van der Waals surface area contributed by atoms with Gasteiger partial charge in [0.2, 0.25) is 5.91 Å². The summed E-state index contributed by atoms with van der Waals surface area (Å²) in [5.74, 6) is 0.704. The number of aromatic nitrogens is 1.